The molecule has 0 radical (unpaired) electrons. The second-order valence-electron chi connectivity index (χ2n) is 4.87. The number of rotatable bonds is 3. The summed E-state index contributed by atoms with van der Waals surface area (Å²) in [6.45, 7) is 0. The lowest BCUT2D eigenvalue weighted by Crippen LogP contribution is -1.97. The first-order valence-electron chi connectivity index (χ1n) is 6.60. The number of hydrogen-bond donors (Lipinski definition) is 0. The summed E-state index contributed by atoms with van der Waals surface area (Å²) in [5.74, 6) is -0.218. The Balaban J connectivity index is 1.92. The molecule has 0 N–H and O–H groups in total. The van der Waals surface area contributed by atoms with Crippen LogP contribution >= 0.6 is 11.6 Å². The van der Waals surface area contributed by atoms with Crippen LogP contribution in [0.4, 0.5) is 4.39 Å². The molecule has 1 atom stereocenters. The van der Waals surface area contributed by atoms with Crippen molar-refractivity contribution in [3.63, 3.8) is 0 Å². The van der Waals surface area contributed by atoms with E-state index in [-0.39, 0.29) is 11.2 Å². The SMILES string of the molecule is Fc1ccc(CC(Cl)c2cccc3ccccc23)cc1. The number of fused-ring (bicyclic) bond motifs is 1. The second-order valence-corrected chi connectivity index (χ2v) is 5.39. The molecule has 0 aromatic heterocycles. The van der Waals surface area contributed by atoms with E-state index < -0.39 is 0 Å². The van der Waals surface area contributed by atoms with Gasteiger partial charge in [0.15, 0.2) is 0 Å². The Hall–Kier alpha value is -1.86. The fourth-order valence-corrected chi connectivity index (χ4v) is 2.83. The Morgan fingerprint density at radius 2 is 1.55 bits per heavy atom. The topological polar surface area (TPSA) is 0 Å². The molecule has 0 nitrogen and oxygen atoms in total. The Bertz CT molecular complexity index is 714. The van der Waals surface area contributed by atoms with E-state index in [1.165, 1.54) is 22.9 Å². The average molecular weight is 285 g/mol. The van der Waals surface area contributed by atoms with Gasteiger partial charge in [-0.3, -0.25) is 0 Å². The highest BCUT2D eigenvalue weighted by Gasteiger charge is 2.12. The van der Waals surface area contributed by atoms with E-state index >= 15 is 0 Å². The lowest BCUT2D eigenvalue weighted by Gasteiger charge is -2.13. The van der Waals surface area contributed by atoms with E-state index in [1.54, 1.807) is 12.1 Å². The molecule has 1 unspecified atom stereocenters. The normalized spacial score (nSPS) is 12.5. The van der Waals surface area contributed by atoms with Gasteiger partial charge in [-0.15, -0.1) is 11.6 Å². The molecule has 0 saturated carbocycles. The highest BCUT2D eigenvalue weighted by Crippen LogP contribution is 2.31. The van der Waals surface area contributed by atoms with Crippen molar-refractivity contribution in [2.24, 2.45) is 0 Å². The maximum Gasteiger partial charge on any atom is 0.123 e. The predicted molar refractivity (Wildman–Crippen MR) is 82.6 cm³/mol. The van der Waals surface area contributed by atoms with Gasteiger partial charge in [0.2, 0.25) is 0 Å². The first kappa shape index (κ1) is 13.1. The number of benzene rings is 3. The molecule has 0 amide bonds. The summed E-state index contributed by atoms with van der Waals surface area (Å²) in [5.41, 5.74) is 2.16. The third-order valence-corrected chi connectivity index (χ3v) is 3.88. The van der Waals surface area contributed by atoms with Crippen LogP contribution in [0.5, 0.6) is 0 Å². The molecule has 100 valence electrons. The van der Waals surface area contributed by atoms with Crippen LogP contribution < -0.4 is 0 Å². The van der Waals surface area contributed by atoms with Gasteiger partial charge in [-0.1, -0.05) is 54.6 Å². The summed E-state index contributed by atoms with van der Waals surface area (Å²) in [6.07, 6.45) is 0.690. The molecule has 0 spiro atoms. The van der Waals surface area contributed by atoms with Gasteiger partial charge in [-0.25, -0.2) is 4.39 Å². The van der Waals surface area contributed by atoms with Crippen molar-refractivity contribution >= 4 is 22.4 Å². The van der Waals surface area contributed by atoms with Gasteiger partial charge in [0.05, 0.1) is 5.38 Å². The van der Waals surface area contributed by atoms with E-state index in [9.17, 15) is 4.39 Å². The summed E-state index contributed by atoms with van der Waals surface area (Å²) in [4.78, 5) is 0. The molecule has 0 aliphatic carbocycles. The zero-order chi connectivity index (χ0) is 13.9. The van der Waals surface area contributed by atoms with E-state index in [0.717, 1.165) is 11.1 Å². The summed E-state index contributed by atoms with van der Waals surface area (Å²) in [5, 5.41) is 2.25. The highest BCUT2D eigenvalue weighted by atomic mass is 35.5. The summed E-state index contributed by atoms with van der Waals surface area (Å²) in [6, 6.07) is 20.9. The molecule has 2 heteroatoms. The molecular weight excluding hydrogens is 271 g/mol. The molecular formula is C18H14ClF. The minimum Gasteiger partial charge on any atom is -0.207 e. The van der Waals surface area contributed by atoms with Gasteiger partial charge in [0.25, 0.3) is 0 Å². The van der Waals surface area contributed by atoms with Gasteiger partial charge >= 0.3 is 0 Å². The Morgan fingerprint density at radius 1 is 0.850 bits per heavy atom. The third kappa shape index (κ3) is 2.68. The molecule has 3 rings (SSSR count). The smallest absolute Gasteiger partial charge is 0.123 e. The van der Waals surface area contributed by atoms with Crippen molar-refractivity contribution in [3.8, 4) is 0 Å². The molecule has 0 aliphatic rings. The number of hydrogen-bond acceptors (Lipinski definition) is 0. The van der Waals surface area contributed by atoms with Crippen molar-refractivity contribution in [2.75, 3.05) is 0 Å². The molecule has 0 fully saturated rings. The second kappa shape index (κ2) is 5.64. The summed E-state index contributed by atoms with van der Waals surface area (Å²) >= 11 is 6.57. The van der Waals surface area contributed by atoms with Gasteiger partial charge < -0.3 is 0 Å². The first-order chi connectivity index (χ1) is 9.74. The highest BCUT2D eigenvalue weighted by molar-refractivity contribution is 6.22. The molecule has 0 bridgehead atoms. The summed E-state index contributed by atoms with van der Waals surface area (Å²) in [7, 11) is 0. The van der Waals surface area contributed by atoms with E-state index in [2.05, 4.69) is 24.3 Å². The van der Waals surface area contributed by atoms with Crippen LogP contribution in [-0.2, 0) is 6.42 Å². The predicted octanol–water partition coefficient (Wildman–Crippen LogP) is 5.50. The van der Waals surface area contributed by atoms with Crippen LogP contribution in [-0.4, -0.2) is 0 Å². The maximum atomic E-state index is 12.9. The van der Waals surface area contributed by atoms with Crippen molar-refractivity contribution < 1.29 is 4.39 Å². The van der Waals surface area contributed by atoms with Crippen molar-refractivity contribution in [3.05, 3.63) is 83.7 Å². The molecule has 0 heterocycles. The zero-order valence-electron chi connectivity index (χ0n) is 10.9. The lowest BCUT2D eigenvalue weighted by molar-refractivity contribution is 0.627. The van der Waals surface area contributed by atoms with E-state index in [4.69, 9.17) is 11.6 Å². The fourth-order valence-electron chi connectivity index (χ4n) is 2.46. The Morgan fingerprint density at radius 3 is 2.35 bits per heavy atom. The van der Waals surface area contributed by atoms with Crippen LogP contribution in [0.2, 0.25) is 0 Å². The van der Waals surface area contributed by atoms with E-state index in [1.807, 2.05) is 18.2 Å². The van der Waals surface area contributed by atoms with Crippen molar-refractivity contribution in [1.82, 2.24) is 0 Å². The van der Waals surface area contributed by atoms with Crippen molar-refractivity contribution in [2.45, 2.75) is 11.8 Å². The van der Waals surface area contributed by atoms with Crippen LogP contribution in [0.15, 0.2) is 66.7 Å². The van der Waals surface area contributed by atoms with Crippen LogP contribution in [0, 0.1) is 5.82 Å². The minimum absolute atomic E-state index is 0.119. The molecule has 3 aromatic carbocycles. The van der Waals surface area contributed by atoms with Crippen LogP contribution in [0.1, 0.15) is 16.5 Å². The van der Waals surface area contributed by atoms with Gasteiger partial charge in [0.1, 0.15) is 5.82 Å². The van der Waals surface area contributed by atoms with Gasteiger partial charge in [-0.05, 0) is 40.5 Å². The molecule has 0 aliphatic heterocycles. The third-order valence-electron chi connectivity index (χ3n) is 3.49. The Labute approximate surface area is 122 Å². The number of halogens is 2. The van der Waals surface area contributed by atoms with Gasteiger partial charge in [0, 0.05) is 0 Å². The number of alkyl halides is 1. The van der Waals surface area contributed by atoms with Crippen molar-refractivity contribution in [1.29, 1.82) is 0 Å². The zero-order valence-corrected chi connectivity index (χ0v) is 11.6. The minimum atomic E-state index is -0.218. The molecule has 3 aromatic rings. The molecule has 0 saturated heterocycles. The monoisotopic (exact) mass is 284 g/mol. The molecule has 20 heavy (non-hydrogen) atoms. The largest absolute Gasteiger partial charge is 0.207 e. The fraction of sp³-hybridized carbons (Fsp3) is 0.111. The van der Waals surface area contributed by atoms with Gasteiger partial charge in [-0.2, -0.15) is 0 Å². The average Bonchev–Trinajstić information content (AvgIpc) is 2.49. The van der Waals surface area contributed by atoms with Crippen LogP contribution in [0.3, 0.4) is 0 Å². The maximum absolute atomic E-state index is 12.9. The standard InChI is InChI=1S/C18H14ClF/c19-18(12-13-8-10-15(20)11-9-13)17-7-3-5-14-4-1-2-6-16(14)17/h1-11,18H,12H2. The summed E-state index contributed by atoms with van der Waals surface area (Å²) < 4.78 is 12.9. The quantitative estimate of drug-likeness (QED) is 0.557. The Kier molecular flexibility index (Phi) is 3.70. The van der Waals surface area contributed by atoms with E-state index in [0.29, 0.717) is 6.42 Å². The first-order valence-corrected chi connectivity index (χ1v) is 7.04. The van der Waals surface area contributed by atoms with Crippen LogP contribution in [0.25, 0.3) is 10.8 Å². The lowest BCUT2D eigenvalue weighted by atomic mass is 9.98.